The molecule has 0 amide bonds. The van der Waals surface area contributed by atoms with Gasteiger partial charge in [0, 0.05) is 37.9 Å². The van der Waals surface area contributed by atoms with Crippen molar-refractivity contribution < 1.29 is 4.42 Å². The number of furan rings is 1. The van der Waals surface area contributed by atoms with Gasteiger partial charge in [-0.15, -0.1) is 0 Å². The molecule has 0 bridgehead atoms. The van der Waals surface area contributed by atoms with E-state index in [1.165, 1.54) is 22.3 Å². The van der Waals surface area contributed by atoms with Crippen LogP contribution in [0.25, 0.3) is 72.9 Å². The van der Waals surface area contributed by atoms with Gasteiger partial charge in [0.2, 0.25) is 0 Å². The molecule has 0 atom stereocenters. The molecule has 7 aromatic rings. The van der Waals surface area contributed by atoms with Gasteiger partial charge in [0.15, 0.2) is 0 Å². The third-order valence-electron chi connectivity index (χ3n) is 7.55. The van der Waals surface area contributed by atoms with Crippen LogP contribution in [0.4, 0.5) is 0 Å². The largest absolute Gasteiger partial charge is 0.456 e. The van der Waals surface area contributed by atoms with E-state index in [0.29, 0.717) is 0 Å². The molecule has 192 valence electrons. The summed E-state index contributed by atoms with van der Waals surface area (Å²) in [5.41, 5.74) is 10.9. The van der Waals surface area contributed by atoms with Crippen molar-refractivity contribution in [2.45, 2.75) is 6.92 Å². The Morgan fingerprint density at radius 3 is 2.17 bits per heavy atom. The number of hydrogen-bond acceptors (Lipinski definition) is 1. The molecule has 2 aromatic heterocycles. The number of halogens is 1. The number of allylic oxidation sites excluding steroid dienone is 1. The van der Waals surface area contributed by atoms with Gasteiger partial charge in [-0.2, -0.15) is 0 Å². The Kier molecular flexibility index (Phi) is 6.02. The van der Waals surface area contributed by atoms with Crippen LogP contribution in [0.5, 0.6) is 0 Å². The van der Waals surface area contributed by atoms with E-state index >= 15 is 0 Å². The lowest BCUT2D eigenvalue weighted by atomic mass is 9.97. The van der Waals surface area contributed by atoms with Gasteiger partial charge in [0.25, 0.3) is 0 Å². The number of para-hydroxylation sites is 1. The molecule has 0 aliphatic heterocycles. The van der Waals surface area contributed by atoms with E-state index in [2.05, 4.69) is 143 Å². The minimum atomic E-state index is 0.883. The molecular formula is C37H26BrNO. The van der Waals surface area contributed by atoms with E-state index in [1.54, 1.807) is 0 Å². The molecule has 40 heavy (non-hydrogen) atoms. The molecule has 0 saturated heterocycles. The van der Waals surface area contributed by atoms with Crippen LogP contribution < -0.4 is 0 Å². The Morgan fingerprint density at radius 2 is 1.40 bits per heavy atom. The van der Waals surface area contributed by atoms with Gasteiger partial charge in [0.1, 0.15) is 11.2 Å². The fraction of sp³-hybridized carbons (Fsp3) is 0.0270. The lowest BCUT2D eigenvalue weighted by Gasteiger charge is -2.10. The van der Waals surface area contributed by atoms with Crippen LogP contribution in [0, 0.1) is 0 Å². The third kappa shape index (κ3) is 4.02. The van der Waals surface area contributed by atoms with Crippen LogP contribution in [-0.2, 0) is 0 Å². The van der Waals surface area contributed by atoms with E-state index in [9.17, 15) is 0 Å². The summed E-state index contributed by atoms with van der Waals surface area (Å²) >= 11 is 3.61. The molecule has 0 spiro atoms. The molecule has 0 fully saturated rings. The minimum absolute atomic E-state index is 0.883. The Balaban J connectivity index is 1.41. The Morgan fingerprint density at radius 1 is 0.675 bits per heavy atom. The van der Waals surface area contributed by atoms with Crippen molar-refractivity contribution in [1.82, 2.24) is 4.57 Å². The van der Waals surface area contributed by atoms with E-state index in [1.807, 2.05) is 18.2 Å². The Bertz CT molecular complexity index is 2110. The molecule has 2 heterocycles. The second-order valence-electron chi connectivity index (χ2n) is 9.94. The van der Waals surface area contributed by atoms with Gasteiger partial charge in [0.05, 0.1) is 11.2 Å². The first-order valence-electron chi connectivity index (χ1n) is 13.4. The summed E-state index contributed by atoms with van der Waals surface area (Å²) in [4.78, 5) is 0. The molecule has 0 unspecified atom stereocenters. The van der Waals surface area contributed by atoms with Crippen molar-refractivity contribution in [3.8, 4) is 27.9 Å². The third-order valence-corrected chi connectivity index (χ3v) is 8.04. The number of aromatic nitrogens is 1. The highest BCUT2D eigenvalue weighted by Crippen LogP contribution is 2.37. The maximum absolute atomic E-state index is 6.24. The van der Waals surface area contributed by atoms with Crippen LogP contribution in [0.3, 0.4) is 0 Å². The molecule has 0 aliphatic carbocycles. The first-order chi connectivity index (χ1) is 19.6. The van der Waals surface area contributed by atoms with E-state index in [4.69, 9.17) is 4.42 Å². The van der Waals surface area contributed by atoms with E-state index < -0.39 is 0 Å². The van der Waals surface area contributed by atoms with Crippen molar-refractivity contribution in [1.29, 1.82) is 0 Å². The number of benzene rings is 5. The molecule has 2 nitrogen and oxygen atoms in total. The lowest BCUT2D eigenvalue weighted by molar-refractivity contribution is 0.668. The van der Waals surface area contributed by atoms with Crippen molar-refractivity contribution >= 4 is 60.9 Å². The first-order valence-corrected chi connectivity index (χ1v) is 14.2. The summed E-state index contributed by atoms with van der Waals surface area (Å²) in [5, 5.41) is 3.43. The van der Waals surface area contributed by atoms with Gasteiger partial charge in [-0.05, 0) is 83.8 Å². The molecule has 0 radical (unpaired) electrons. The molecular weight excluding hydrogens is 554 g/mol. The zero-order valence-corrected chi connectivity index (χ0v) is 23.7. The quantitative estimate of drug-likeness (QED) is 0.198. The van der Waals surface area contributed by atoms with E-state index in [-0.39, 0.29) is 0 Å². The molecule has 0 aliphatic rings. The summed E-state index contributed by atoms with van der Waals surface area (Å²) in [6.45, 7) is 6.26. The van der Waals surface area contributed by atoms with Crippen LogP contribution >= 0.6 is 15.9 Å². The molecule has 3 heteroatoms. The van der Waals surface area contributed by atoms with Crippen LogP contribution in [0.1, 0.15) is 18.2 Å². The second-order valence-corrected chi connectivity index (χ2v) is 10.9. The van der Waals surface area contributed by atoms with Crippen LogP contribution in [0.15, 0.2) is 131 Å². The van der Waals surface area contributed by atoms with Gasteiger partial charge in [-0.25, -0.2) is 0 Å². The zero-order valence-electron chi connectivity index (χ0n) is 22.1. The van der Waals surface area contributed by atoms with Crippen molar-refractivity contribution in [3.05, 3.63) is 138 Å². The zero-order chi connectivity index (χ0) is 27.2. The topological polar surface area (TPSA) is 18.1 Å². The maximum atomic E-state index is 6.24. The number of rotatable bonds is 5. The Hall–Kier alpha value is -4.60. The van der Waals surface area contributed by atoms with Gasteiger partial charge < -0.3 is 8.98 Å². The summed E-state index contributed by atoms with van der Waals surface area (Å²) in [7, 11) is 0. The second kappa shape index (κ2) is 9.86. The fourth-order valence-electron chi connectivity index (χ4n) is 5.73. The summed E-state index contributed by atoms with van der Waals surface area (Å²) in [6.07, 6.45) is 6.21. The predicted molar refractivity (Wildman–Crippen MR) is 174 cm³/mol. The van der Waals surface area contributed by atoms with Gasteiger partial charge >= 0.3 is 0 Å². The molecule has 0 N–H and O–H groups in total. The molecule has 7 rings (SSSR count). The van der Waals surface area contributed by atoms with Crippen molar-refractivity contribution in [2.75, 3.05) is 0 Å². The fourth-order valence-corrected chi connectivity index (χ4v) is 6.13. The van der Waals surface area contributed by atoms with Gasteiger partial charge in [-0.1, -0.05) is 89.3 Å². The smallest absolute Gasteiger partial charge is 0.137 e. The summed E-state index contributed by atoms with van der Waals surface area (Å²) in [5.74, 6) is 0. The van der Waals surface area contributed by atoms with Crippen LogP contribution in [-0.4, -0.2) is 4.57 Å². The highest BCUT2D eigenvalue weighted by atomic mass is 79.9. The number of nitrogens with zero attached hydrogens (tertiary/aromatic N) is 1. The predicted octanol–water partition coefficient (Wildman–Crippen LogP) is 11.3. The Labute approximate surface area is 241 Å². The van der Waals surface area contributed by atoms with Crippen LogP contribution in [0.2, 0.25) is 0 Å². The molecule has 5 aromatic carbocycles. The number of hydrogen-bond donors (Lipinski definition) is 0. The minimum Gasteiger partial charge on any atom is -0.456 e. The highest BCUT2D eigenvalue weighted by molar-refractivity contribution is 9.10. The van der Waals surface area contributed by atoms with E-state index in [0.717, 1.165) is 54.3 Å². The maximum Gasteiger partial charge on any atom is 0.137 e. The number of fused-ring (bicyclic) bond motifs is 4. The summed E-state index contributed by atoms with van der Waals surface area (Å²) in [6, 6.07) is 38.6. The standard InChI is InChI=1S/C37H26BrNO/c1-3-9-34-30(4-2)33-22-27(25-11-7-10-24(20-25)26-12-8-13-28(38)21-26)16-19-35(33)39(34)29-17-18-32-31-14-5-6-15-36(31)40-37(32)23-29/h3-23H,2H2,1H3/b9-3-. The van der Waals surface area contributed by atoms with Gasteiger partial charge in [-0.3, -0.25) is 0 Å². The average molecular weight is 581 g/mol. The first kappa shape index (κ1) is 24.4. The average Bonchev–Trinajstić information content (AvgIpc) is 3.51. The van der Waals surface area contributed by atoms with Crippen molar-refractivity contribution in [3.63, 3.8) is 0 Å². The van der Waals surface area contributed by atoms with Crippen molar-refractivity contribution in [2.24, 2.45) is 0 Å². The lowest BCUT2D eigenvalue weighted by Crippen LogP contribution is -1.97. The highest BCUT2D eigenvalue weighted by Gasteiger charge is 2.17. The SMILES string of the molecule is C=Cc1c(/C=C\C)n(-c2ccc3c(c2)oc2ccccc23)c2ccc(-c3cccc(-c4cccc(Br)c4)c3)cc12. The normalized spacial score (nSPS) is 11.8. The summed E-state index contributed by atoms with van der Waals surface area (Å²) < 4.78 is 9.62. The monoisotopic (exact) mass is 579 g/mol. The molecule has 0 saturated carbocycles.